The summed E-state index contributed by atoms with van der Waals surface area (Å²) in [4.78, 5) is 58.8. The monoisotopic (exact) mass is 915 g/mol. The zero-order valence-electron chi connectivity index (χ0n) is 38.6. The van der Waals surface area contributed by atoms with Crippen LogP contribution >= 0.6 is 0 Å². The van der Waals surface area contributed by atoms with Gasteiger partial charge in [-0.25, -0.2) is 0 Å². The first kappa shape index (κ1) is 48.5. The molecule has 17 heteroatoms. The number of nitrogens with two attached hydrogens (primary N) is 2. The number of hydrogen-bond acceptors (Lipinski definition) is 13. The fraction of sp³-hybridized carbons (Fsp3) is 0.480. The van der Waals surface area contributed by atoms with Crippen molar-refractivity contribution in [1.29, 1.82) is 0 Å². The number of nitrogen functional groups attached to an aromatic ring is 2. The molecule has 5 heterocycles. The van der Waals surface area contributed by atoms with Gasteiger partial charge in [0.2, 0.25) is 11.8 Å². The maximum Gasteiger partial charge on any atom is 0.223 e. The second kappa shape index (κ2) is 24.3. The number of anilines is 3. The van der Waals surface area contributed by atoms with Gasteiger partial charge in [0.15, 0.2) is 0 Å². The molecule has 0 radical (unpaired) electrons. The third-order valence-corrected chi connectivity index (χ3v) is 13.0. The van der Waals surface area contributed by atoms with Gasteiger partial charge in [-0.05, 0) is 86.1 Å². The Kier molecular flexibility index (Phi) is 17.6. The minimum absolute atomic E-state index is 0.0193. The van der Waals surface area contributed by atoms with Crippen LogP contribution in [0.15, 0.2) is 91.3 Å². The quantitative estimate of drug-likeness (QED) is 0.0920. The van der Waals surface area contributed by atoms with Gasteiger partial charge in [0, 0.05) is 108 Å². The summed E-state index contributed by atoms with van der Waals surface area (Å²) in [6.45, 7) is 7.29. The van der Waals surface area contributed by atoms with Gasteiger partial charge >= 0.3 is 0 Å². The molecule has 5 aromatic rings. The van der Waals surface area contributed by atoms with Crippen molar-refractivity contribution >= 4 is 40.4 Å². The standard InChI is InChI=1S/C30H39N7O2.C20H27N5O3/c31-25-11-8-24(9-12-25)10-13-29(38)14-15-30(39)37-16-4-7-28(37)23-36-22-26(32-33-36)21-34-17-19-35(20-18-34)27-5-2-1-3-6-27;21-16-6-3-15(4-7-16)5-8-19(27)9-10-20(28)25-11-1-2-18(25)13-24-12-17(14-26)22-23-24/h1-3,5-6,8-9,11-12,22,28H,4,7,10,13-21,23,31H2;3-4,6-7,12,18,26H,1-2,5,8-11,13-14,21H2/t28-;18-/m11/s1. The van der Waals surface area contributed by atoms with Crippen LogP contribution in [0.5, 0.6) is 0 Å². The number of rotatable bonds is 20. The third kappa shape index (κ3) is 14.8. The molecule has 356 valence electrons. The molecule has 3 aliphatic heterocycles. The highest BCUT2D eigenvalue weighted by atomic mass is 16.3. The van der Waals surface area contributed by atoms with Gasteiger partial charge in [0.1, 0.15) is 17.3 Å². The first-order valence-corrected chi connectivity index (χ1v) is 23.8. The number of nitrogens with zero attached hydrogens (tertiary/aromatic N) is 10. The number of ketones is 2. The van der Waals surface area contributed by atoms with Crippen LogP contribution in [0, 0.1) is 0 Å². The molecule has 3 aromatic carbocycles. The van der Waals surface area contributed by atoms with E-state index < -0.39 is 0 Å². The summed E-state index contributed by atoms with van der Waals surface area (Å²) in [5.41, 5.74) is 17.7. The van der Waals surface area contributed by atoms with Crippen LogP contribution in [0.3, 0.4) is 0 Å². The maximum atomic E-state index is 13.0. The van der Waals surface area contributed by atoms with Crippen molar-refractivity contribution in [3.8, 4) is 0 Å². The predicted molar refractivity (Wildman–Crippen MR) is 256 cm³/mol. The number of piperazine rings is 1. The molecule has 17 nitrogen and oxygen atoms in total. The molecule has 0 spiro atoms. The number of Topliss-reactive ketones (excluding diaryl/α,β-unsaturated/α-hetero) is 2. The lowest BCUT2D eigenvalue weighted by Gasteiger charge is -2.35. The molecular weight excluding hydrogens is 849 g/mol. The average Bonchev–Trinajstić information content (AvgIpc) is 4.20. The topological polar surface area (TPSA) is 215 Å². The van der Waals surface area contributed by atoms with Crippen LogP contribution in [0.2, 0.25) is 0 Å². The van der Waals surface area contributed by atoms with Gasteiger partial charge in [-0.1, -0.05) is 52.9 Å². The molecule has 0 bridgehead atoms. The van der Waals surface area contributed by atoms with Crippen molar-refractivity contribution in [3.05, 3.63) is 114 Å². The third-order valence-electron chi connectivity index (χ3n) is 13.0. The molecule has 3 saturated heterocycles. The van der Waals surface area contributed by atoms with E-state index in [2.05, 4.69) is 60.8 Å². The molecule has 0 unspecified atom stereocenters. The molecule has 0 aliphatic carbocycles. The summed E-state index contributed by atoms with van der Waals surface area (Å²) >= 11 is 0. The lowest BCUT2D eigenvalue weighted by molar-refractivity contribution is -0.134. The molecule has 5 N–H and O–H groups in total. The van der Waals surface area contributed by atoms with Crippen molar-refractivity contribution in [2.45, 2.75) is 115 Å². The van der Waals surface area contributed by atoms with Crippen LogP contribution in [0.4, 0.5) is 17.1 Å². The number of hydrogen-bond donors (Lipinski definition) is 3. The summed E-state index contributed by atoms with van der Waals surface area (Å²) in [6.07, 6.45) is 10.8. The Bertz CT molecular complexity index is 2340. The SMILES string of the molecule is Nc1ccc(CCC(=O)CCC(=O)N2CCC[C@@H]2Cn2cc(CN3CCN(c4ccccc4)CC3)nn2)cc1.Nc1ccc(CCC(=O)CCC(=O)N2CCC[C@@H]2Cn2cc(CO)nn2)cc1. The van der Waals surface area contributed by atoms with E-state index in [0.29, 0.717) is 63.1 Å². The summed E-state index contributed by atoms with van der Waals surface area (Å²) in [6, 6.07) is 25.8. The van der Waals surface area contributed by atoms with E-state index in [1.165, 1.54) is 5.69 Å². The Balaban J connectivity index is 0.000000210. The Morgan fingerprint density at radius 3 is 1.52 bits per heavy atom. The van der Waals surface area contributed by atoms with E-state index in [1.54, 1.807) is 10.9 Å². The highest BCUT2D eigenvalue weighted by Crippen LogP contribution is 2.23. The van der Waals surface area contributed by atoms with Crippen LogP contribution in [0.25, 0.3) is 0 Å². The Labute approximate surface area is 393 Å². The first-order valence-electron chi connectivity index (χ1n) is 23.8. The highest BCUT2D eigenvalue weighted by Gasteiger charge is 2.31. The number of amides is 2. The Morgan fingerprint density at radius 1 is 0.567 bits per heavy atom. The molecule has 2 atom stereocenters. The molecule has 2 aromatic heterocycles. The van der Waals surface area contributed by atoms with E-state index in [-0.39, 0.29) is 61.3 Å². The Hall–Kier alpha value is -6.46. The zero-order valence-corrected chi connectivity index (χ0v) is 38.6. The fourth-order valence-electron chi connectivity index (χ4n) is 9.14. The van der Waals surface area contributed by atoms with Crippen LogP contribution in [0.1, 0.15) is 86.7 Å². The van der Waals surface area contributed by atoms with Crippen molar-refractivity contribution in [3.63, 3.8) is 0 Å². The van der Waals surface area contributed by atoms with Gasteiger partial charge in [-0.3, -0.25) is 33.4 Å². The second-order valence-electron chi connectivity index (χ2n) is 17.9. The average molecular weight is 915 g/mol. The number of carbonyl (C=O) groups is 4. The summed E-state index contributed by atoms with van der Waals surface area (Å²) in [5.74, 6) is 0.312. The summed E-state index contributed by atoms with van der Waals surface area (Å²) < 4.78 is 3.54. The van der Waals surface area contributed by atoms with Crippen LogP contribution in [-0.2, 0) is 58.3 Å². The van der Waals surface area contributed by atoms with Crippen LogP contribution < -0.4 is 16.4 Å². The van der Waals surface area contributed by atoms with Gasteiger partial charge in [-0.2, -0.15) is 0 Å². The number of aromatic nitrogens is 6. The second-order valence-corrected chi connectivity index (χ2v) is 17.9. The van der Waals surface area contributed by atoms with Gasteiger partial charge in [0.25, 0.3) is 0 Å². The van der Waals surface area contributed by atoms with Crippen molar-refractivity contribution in [1.82, 2.24) is 44.7 Å². The van der Waals surface area contributed by atoms with Gasteiger partial charge in [-0.15, -0.1) is 10.2 Å². The van der Waals surface area contributed by atoms with Crippen LogP contribution in [-0.4, -0.2) is 125 Å². The number of aliphatic hydroxyl groups is 1. The van der Waals surface area contributed by atoms with E-state index in [4.69, 9.17) is 16.6 Å². The minimum Gasteiger partial charge on any atom is -0.399 e. The number of para-hydroxylation sites is 1. The first-order chi connectivity index (χ1) is 32.6. The van der Waals surface area contributed by atoms with E-state index in [1.807, 2.05) is 69.2 Å². The molecule has 67 heavy (non-hydrogen) atoms. The number of aliphatic hydroxyl groups excluding tert-OH is 1. The van der Waals surface area contributed by atoms with E-state index in [9.17, 15) is 19.2 Å². The number of benzene rings is 3. The van der Waals surface area contributed by atoms with E-state index >= 15 is 0 Å². The highest BCUT2D eigenvalue weighted by molar-refractivity contribution is 5.86. The summed E-state index contributed by atoms with van der Waals surface area (Å²) in [5, 5.41) is 25.7. The zero-order chi connectivity index (χ0) is 47.0. The smallest absolute Gasteiger partial charge is 0.223 e. The summed E-state index contributed by atoms with van der Waals surface area (Å²) in [7, 11) is 0. The van der Waals surface area contributed by atoms with E-state index in [0.717, 1.165) is 87.5 Å². The normalized spacial score (nSPS) is 17.4. The molecule has 3 fully saturated rings. The number of aryl methyl sites for hydroxylation is 2. The van der Waals surface area contributed by atoms with Crippen molar-refractivity contribution in [2.75, 3.05) is 55.6 Å². The fourth-order valence-corrected chi connectivity index (χ4v) is 9.14. The molecule has 0 saturated carbocycles. The van der Waals surface area contributed by atoms with Crippen molar-refractivity contribution < 1.29 is 24.3 Å². The predicted octanol–water partition coefficient (Wildman–Crippen LogP) is 4.48. The lowest BCUT2D eigenvalue weighted by Crippen LogP contribution is -2.46. The molecule has 2 amide bonds. The van der Waals surface area contributed by atoms with Gasteiger partial charge < -0.3 is 31.3 Å². The van der Waals surface area contributed by atoms with Gasteiger partial charge in [0.05, 0.1) is 43.7 Å². The number of carbonyl (C=O) groups excluding carboxylic acids is 4. The maximum absolute atomic E-state index is 13.0. The Morgan fingerprint density at radius 2 is 1.04 bits per heavy atom. The number of likely N-dealkylation sites (tertiary alicyclic amines) is 2. The minimum atomic E-state index is -0.147. The lowest BCUT2D eigenvalue weighted by atomic mass is 10.0. The molecule has 8 rings (SSSR count). The molecular formula is C50H66N12O5. The molecule has 3 aliphatic rings. The van der Waals surface area contributed by atoms with Crippen molar-refractivity contribution in [2.24, 2.45) is 0 Å². The largest absolute Gasteiger partial charge is 0.399 e.